The van der Waals surface area contributed by atoms with Crippen molar-refractivity contribution in [3.8, 4) is 0 Å². The second-order valence-electron chi connectivity index (χ2n) is 6.05. The fraction of sp³-hybridized carbons (Fsp3) is 0.353. The Morgan fingerprint density at radius 3 is 2.38 bits per heavy atom. The topological polar surface area (TPSA) is 78.4 Å². The molecule has 2 N–H and O–H groups in total. The predicted molar refractivity (Wildman–Crippen MR) is 89.3 cm³/mol. The maximum absolute atomic E-state index is 13.0. The van der Waals surface area contributed by atoms with Gasteiger partial charge in [0.15, 0.2) is 0 Å². The van der Waals surface area contributed by atoms with E-state index < -0.39 is 17.7 Å². The molecule has 3 rings (SSSR count). The van der Waals surface area contributed by atoms with E-state index in [1.54, 1.807) is 23.4 Å². The monoisotopic (exact) mass is 366 g/mol. The average molecular weight is 366 g/mol. The first-order valence-electron chi connectivity index (χ1n) is 8.07. The molecule has 0 saturated carbocycles. The van der Waals surface area contributed by atoms with Gasteiger partial charge in [0, 0.05) is 37.2 Å². The lowest BCUT2D eigenvalue weighted by Gasteiger charge is -2.34. The largest absolute Gasteiger partial charge is 0.478 e. The van der Waals surface area contributed by atoms with Gasteiger partial charge in [-0.25, -0.2) is 14.8 Å². The number of anilines is 2. The number of carbonyl (C=O) groups is 1. The molecule has 0 radical (unpaired) electrons. The number of alkyl halides is 3. The maximum atomic E-state index is 13.0. The number of rotatable bonds is 4. The molecule has 0 spiro atoms. The first-order chi connectivity index (χ1) is 12.3. The van der Waals surface area contributed by atoms with Crippen LogP contribution in [0.4, 0.5) is 24.8 Å². The zero-order chi connectivity index (χ0) is 18.7. The Labute approximate surface area is 147 Å². The van der Waals surface area contributed by atoms with Crippen LogP contribution in [0, 0.1) is 0 Å². The number of nitrogens with zero attached hydrogens (tertiary/aromatic N) is 3. The van der Waals surface area contributed by atoms with Crippen molar-refractivity contribution in [3.63, 3.8) is 0 Å². The summed E-state index contributed by atoms with van der Waals surface area (Å²) in [5, 5.41) is 12.3. The van der Waals surface area contributed by atoms with Crippen molar-refractivity contribution in [1.29, 1.82) is 0 Å². The summed E-state index contributed by atoms with van der Waals surface area (Å²) in [6.07, 6.45) is 0.0135. The first kappa shape index (κ1) is 18.0. The van der Waals surface area contributed by atoms with Gasteiger partial charge in [0.1, 0.15) is 0 Å². The van der Waals surface area contributed by atoms with Crippen LogP contribution in [0.15, 0.2) is 36.7 Å². The molecule has 0 unspecified atom stereocenters. The fourth-order valence-electron chi connectivity index (χ4n) is 2.92. The van der Waals surface area contributed by atoms with Gasteiger partial charge in [0.05, 0.1) is 11.1 Å². The molecule has 138 valence electrons. The maximum Gasteiger partial charge on any atom is 0.416 e. The number of carboxylic acids is 1. The molecule has 1 aliphatic heterocycles. The predicted octanol–water partition coefficient (Wildman–Crippen LogP) is 3.27. The zero-order valence-corrected chi connectivity index (χ0v) is 13.7. The lowest BCUT2D eigenvalue weighted by Crippen LogP contribution is -2.39. The summed E-state index contributed by atoms with van der Waals surface area (Å²) < 4.78 is 39.1. The number of piperidine rings is 1. The van der Waals surface area contributed by atoms with Crippen molar-refractivity contribution in [1.82, 2.24) is 9.97 Å². The van der Waals surface area contributed by atoms with Crippen LogP contribution in [0.25, 0.3) is 0 Å². The second kappa shape index (κ2) is 7.19. The van der Waals surface area contributed by atoms with E-state index in [-0.39, 0.29) is 17.3 Å². The van der Waals surface area contributed by atoms with Crippen molar-refractivity contribution in [2.45, 2.75) is 25.1 Å². The number of aromatic nitrogens is 2. The molecule has 1 saturated heterocycles. The normalized spacial score (nSPS) is 15.7. The number of benzene rings is 1. The Morgan fingerprint density at radius 2 is 1.81 bits per heavy atom. The lowest BCUT2D eigenvalue weighted by atomic mass is 10.0. The number of nitrogens with one attached hydrogen (secondary N) is 1. The Kier molecular flexibility index (Phi) is 4.97. The summed E-state index contributed by atoms with van der Waals surface area (Å²) in [6.45, 7) is 1.01. The summed E-state index contributed by atoms with van der Waals surface area (Å²) in [4.78, 5) is 21.1. The van der Waals surface area contributed by atoms with E-state index in [0.29, 0.717) is 37.9 Å². The van der Waals surface area contributed by atoms with Gasteiger partial charge in [-0.05, 0) is 37.1 Å². The Bertz CT molecular complexity index is 775. The van der Waals surface area contributed by atoms with Crippen LogP contribution in [0.2, 0.25) is 0 Å². The minimum absolute atomic E-state index is 0.110. The number of hydrogen-bond acceptors (Lipinski definition) is 5. The van der Waals surface area contributed by atoms with Crippen molar-refractivity contribution in [2.75, 3.05) is 23.3 Å². The van der Waals surface area contributed by atoms with Gasteiger partial charge < -0.3 is 15.3 Å². The number of carboxylic acid groups (broad SMARTS) is 1. The zero-order valence-electron chi connectivity index (χ0n) is 13.7. The van der Waals surface area contributed by atoms with E-state index in [9.17, 15) is 18.0 Å². The van der Waals surface area contributed by atoms with E-state index in [4.69, 9.17) is 5.11 Å². The van der Waals surface area contributed by atoms with Crippen LogP contribution in [0.3, 0.4) is 0 Å². The van der Waals surface area contributed by atoms with Gasteiger partial charge in [0.25, 0.3) is 0 Å². The Morgan fingerprint density at radius 1 is 1.15 bits per heavy atom. The highest BCUT2D eigenvalue weighted by Crippen LogP contribution is 2.34. The molecule has 0 aliphatic carbocycles. The van der Waals surface area contributed by atoms with Gasteiger partial charge in [-0.1, -0.05) is 0 Å². The lowest BCUT2D eigenvalue weighted by molar-refractivity contribution is -0.137. The third-order valence-corrected chi connectivity index (χ3v) is 4.25. The third-order valence-electron chi connectivity index (χ3n) is 4.25. The summed E-state index contributed by atoms with van der Waals surface area (Å²) in [5.74, 6) is -0.867. The second-order valence-corrected chi connectivity index (χ2v) is 6.05. The Balaban J connectivity index is 1.72. The highest BCUT2D eigenvalue weighted by atomic mass is 19.4. The smallest absolute Gasteiger partial charge is 0.416 e. The van der Waals surface area contributed by atoms with Gasteiger partial charge in [-0.15, -0.1) is 0 Å². The molecule has 9 heteroatoms. The minimum Gasteiger partial charge on any atom is -0.478 e. The molecule has 0 amide bonds. The van der Waals surface area contributed by atoms with Crippen LogP contribution in [-0.4, -0.2) is 40.2 Å². The number of halogens is 3. The SMILES string of the molecule is O=C(O)c1cc(N2CCC(Nc3ncccn3)CC2)cc(C(F)(F)F)c1. The highest BCUT2D eigenvalue weighted by molar-refractivity contribution is 5.89. The molecule has 0 atom stereocenters. The van der Waals surface area contributed by atoms with Crippen molar-refractivity contribution in [3.05, 3.63) is 47.8 Å². The molecule has 2 heterocycles. The quantitative estimate of drug-likeness (QED) is 0.865. The molecular formula is C17H17F3N4O2. The van der Waals surface area contributed by atoms with Gasteiger partial charge in [-0.3, -0.25) is 0 Å². The molecule has 6 nitrogen and oxygen atoms in total. The van der Waals surface area contributed by atoms with Crippen LogP contribution in [0.5, 0.6) is 0 Å². The third kappa shape index (κ3) is 4.22. The van der Waals surface area contributed by atoms with Crippen molar-refractivity contribution >= 4 is 17.6 Å². The first-order valence-corrected chi connectivity index (χ1v) is 8.07. The molecule has 1 aliphatic rings. The van der Waals surface area contributed by atoms with Crippen LogP contribution >= 0.6 is 0 Å². The van der Waals surface area contributed by atoms with E-state index >= 15 is 0 Å². The summed E-state index contributed by atoms with van der Waals surface area (Å²) in [6, 6.07) is 4.76. The van der Waals surface area contributed by atoms with Crippen LogP contribution in [0.1, 0.15) is 28.8 Å². The Hall–Kier alpha value is -2.84. The number of aromatic carboxylic acids is 1. The molecular weight excluding hydrogens is 349 g/mol. The molecule has 1 aromatic heterocycles. The van der Waals surface area contributed by atoms with E-state index in [2.05, 4.69) is 15.3 Å². The molecule has 1 fully saturated rings. The van der Waals surface area contributed by atoms with Gasteiger partial charge >= 0.3 is 12.1 Å². The van der Waals surface area contributed by atoms with Crippen molar-refractivity contribution < 1.29 is 23.1 Å². The molecule has 26 heavy (non-hydrogen) atoms. The molecule has 1 aromatic carbocycles. The van der Waals surface area contributed by atoms with Gasteiger partial charge in [0.2, 0.25) is 5.95 Å². The standard InChI is InChI=1S/C17H17F3N4O2/c18-17(19,20)12-8-11(15(25)26)9-14(10-12)24-6-2-13(3-7-24)23-16-21-4-1-5-22-16/h1,4-5,8-10,13H,2-3,6-7H2,(H,25,26)(H,21,22,23). The molecule has 2 aromatic rings. The van der Waals surface area contributed by atoms with E-state index in [1.165, 1.54) is 6.07 Å². The summed E-state index contributed by atoms with van der Waals surface area (Å²) in [5.41, 5.74) is -1.05. The van der Waals surface area contributed by atoms with Crippen LogP contribution < -0.4 is 10.2 Å². The molecule has 0 bridgehead atoms. The average Bonchev–Trinajstić information content (AvgIpc) is 2.62. The van der Waals surface area contributed by atoms with Gasteiger partial charge in [-0.2, -0.15) is 13.2 Å². The summed E-state index contributed by atoms with van der Waals surface area (Å²) >= 11 is 0. The fourth-order valence-corrected chi connectivity index (χ4v) is 2.92. The summed E-state index contributed by atoms with van der Waals surface area (Å²) in [7, 11) is 0. The highest BCUT2D eigenvalue weighted by Gasteiger charge is 2.32. The number of hydrogen-bond donors (Lipinski definition) is 2. The van der Waals surface area contributed by atoms with E-state index in [0.717, 1.165) is 6.07 Å². The van der Waals surface area contributed by atoms with E-state index in [1.807, 2.05) is 0 Å². The van der Waals surface area contributed by atoms with Crippen molar-refractivity contribution in [2.24, 2.45) is 0 Å². The van der Waals surface area contributed by atoms with Crippen LogP contribution in [-0.2, 0) is 6.18 Å². The minimum atomic E-state index is -4.59.